The molecule has 0 bridgehead atoms. The lowest BCUT2D eigenvalue weighted by atomic mass is 10.1. The summed E-state index contributed by atoms with van der Waals surface area (Å²) in [6, 6.07) is 10.4. The van der Waals surface area contributed by atoms with Crippen molar-refractivity contribution in [3.8, 4) is 0 Å². The largest absolute Gasteiger partial charge is 0.289 e. The quantitative estimate of drug-likeness (QED) is 0.619. The lowest BCUT2D eigenvalue weighted by molar-refractivity contribution is 0.104. The molecular formula is C14H9Cl2NO. The summed E-state index contributed by atoms with van der Waals surface area (Å²) in [6.07, 6.45) is 4.70. The molecular weight excluding hydrogens is 269 g/mol. The molecule has 0 saturated carbocycles. The normalized spacial score (nSPS) is 10.8. The summed E-state index contributed by atoms with van der Waals surface area (Å²) < 4.78 is 0. The van der Waals surface area contributed by atoms with Gasteiger partial charge in [0, 0.05) is 6.20 Å². The highest BCUT2D eigenvalue weighted by molar-refractivity contribution is 6.40. The van der Waals surface area contributed by atoms with Crippen LogP contribution in [0.5, 0.6) is 0 Å². The van der Waals surface area contributed by atoms with Crippen molar-refractivity contribution in [3.05, 3.63) is 70.0 Å². The van der Waals surface area contributed by atoms with Gasteiger partial charge in [-0.15, -0.1) is 0 Å². The standard InChI is InChI=1S/C14H9Cl2NO/c15-11-5-3-6-12(16)14(11)13(18)8-7-10-4-1-2-9-17-10/h1-9H. The number of halogens is 2. The molecule has 90 valence electrons. The van der Waals surface area contributed by atoms with E-state index in [2.05, 4.69) is 4.98 Å². The van der Waals surface area contributed by atoms with Crippen molar-refractivity contribution in [1.29, 1.82) is 0 Å². The number of hydrogen-bond acceptors (Lipinski definition) is 2. The topological polar surface area (TPSA) is 30.0 Å². The second-order valence-corrected chi connectivity index (χ2v) is 4.36. The number of allylic oxidation sites excluding steroid dienone is 1. The summed E-state index contributed by atoms with van der Waals surface area (Å²) in [5, 5.41) is 0.691. The summed E-state index contributed by atoms with van der Waals surface area (Å²) in [5.41, 5.74) is 1.02. The van der Waals surface area contributed by atoms with Crippen LogP contribution in [-0.2, 0) is 0 Å². The van der Waals surface area contributed by atoms with Gasteiger partial charge in [-0.05, 0) is 36.4 Å². The molecule has 0 aliphatic carbocycles. The minimum atomic E-state index is -0.240. The molecule has 4 heteroatoms. The molecule has 0 unspecified atom stereocenters. The molecule has 1 heterocycles. The van der Waals surface area contributed by atoms with Crippen LogP contribution in [0.4, 0.5) is 0 Å². The maximum absolute atomic E-state index is 12.0. The first-order chi connectivity index (χ1) is 8.68. The predicted molar refractivity (Wildman–Crippen MR) is 74.1 cm³/mol. The molecule has 0 aliphatic rings. The van der Waals surface area contributed by atoms with Crippen molar-refractivity contribution in [2.45, 2.75) is 0 Å². The molecule has 1 aromatic carbocycles. The second kappa shape index (κ2) is 5.80. The van der Waals surface area contributed by atoms with Crippen molar-refractivity contribution in [1.82, 2.24) is 4.98 Å². The van der Waals surface area contributed by atoms with Gasteiger partial charge in [0.15, 0.2) is 5.78 Å². The summed E-state index contributed by atoms with van der Waals surface area (Å²) in [4.78, 5) is 16.1. The number of aromatic nitrogens is 1. The van der Waals surface area contributed by atoms with Crippen molar-refractivity contribution in [2.75, 3.05) is 0 Å². The molecule has 0 saturated heterocycles. The van der Waals surface area contributed by atoms with E-state index in [1.165, 1.54) is 6.08 Å². The summed E-state index contributed by atoms with van der Waals surface area (Å²) >= 11 is 11.9. The van der Waals surface area contributed by atoms with Gasteiger partial charge in [0.1, 0.15) is 0 Å². The van der Waals surface area contributed by atoms with Gasteiger partial charge in [0.25, 0.3) is 0 Å². The second-order valence-electron chi connectivity index (χ2n) is 3.55. The third-order valence-corrected chi connectivity index (χ3v) is 2.93. The van der Waals surface area contributed by atoms with Crippen LogP contribution in [0.3, 0.4) is 0 Å². The van der Waals surface area contributed by atoms with E-state index in [1.807, 2.05) is 12.1 Å². The predicted octanol–water partition coefficient (Wildman–Crippen LogP) is 4.28. The molecule has 0 spiro atoms. The first-order valence-corrected chi connectivity index (χ1v) is 6.01. The number of carbonyl (C=O) groups excluding carboxylic acids is 1. The molecule has 0 radical (unpaired) electrons. The fourth-order valence-electron chi connectivity index (χ4n) is 1.45. The SMILES string of the molecule is O=C(C=Cc1ccccn1)c1c(Cl)cccc1Cl. The number of hydrogen-bond donors (Lipinski definition) is 0. The Labute approximate surface area is 115 Å². The van der Waals surface area contributed by atoms with Gasteiger partial charge >= 0.3 is 0 Å². The van der Waals surface area contributed by atoms with Crippen LogP contribution in [-0.4, -0.2) is 10.8 Å². The number of carbonyl (C=O) groups is 1. The van der Waals surface area contributed by atoms with E-state index < -0.39 is 0 Å². The Kier molecular flexibility index (Phi) is 4.13. The molecule has 0 amide bonds. The third kappa shape index (κ3) is 2.97. The molecule has 2 nitrogen and oxygen atoms in total. The van der Waals surface area contributed by atoms with Crippen LogP contribution in [0.25, 0.3) is 6.08 Å². The maximum atomic E-state index is 12.0. The first kappa shape index (κ1) is 12.8. The summed E-state index contributed by atoms with van der Waals surface area (Å²) in [7, 11) is 0. The molecule has 0 atom stereocenters. The molecule has 1 aromatic heterocycles. The molecule has 2 aromatic rings. The van der Waals surface area contributed by atoms with Crippen LogP contribution in [0.2, 0.25) is 10.0 Å². The fraction of sp³-hybridized carbons (Fsp3) is 0. The van der Waals surface area contributed by atoms with E-state index in [0.717, 1.165) is 0 Å². The van der Waals surface area contributed by atoms with Crippen LogP contribution in [0.1, 0.15) is 16.1 Å². The van der Waals surface area contributed by atoms with E-state index in [1.54, 1.807) is 36.5 Å². The minimum Gasteiger partial charge on any atom is -0.289 e. The van der Waals surface area contributed by atoms with Gasteiger partial charge in [0.05, 0.1) is 21.3 Å². The highest BCUT2D eigenvalue weighted by atomic mass is 35.5. The molecule has 2 rings (SSSR count). The average molecular weight is 278 g/mol. The Balaban J connectivity index is 2.26. The Hall–Kier alpha value is -1.64. The number of benzene rings is 1. The zero-order valence-corrected chi connectivity index (χ0v) is 10.8. The molecule has 0 N–H and O–H groups in total. The van der Waals surface area contributed by atoms with Crippen molar-refractivity contribution >= 4 is 35.1 Å². The molecule has 18 heavy (non-hydrogen) atoms. The van der Waals surface area contributed by atoms with Gasteiger partial charge in [-0.3, -0.25) is 9.78 Å². The van der Waals surface area contributed by atoms with Crippen LogP contribution in [0, 0.1) is 0 Å². The Morgan fingerprint density at radius 1 is 1.06 bits per heavy atom. The fourth-order valence-corrected chi connectivity index (χ4v) is 2.04. The van der Waals surface area contributed by atoms with Gasteiger partial charge < -0.3 is 0 Å². The average Bonchev–Trinajstić information content (AvgIpc) is 2.37. The number of nitrogens with zero attached hydrogens (tertiary/aromatic N) is 1. The number of rotatable bonds is 3. The van der Waals surface area contributed by atoms with Crippen molar-refractivity contribution in [2.24, 2.45) is 0 Å². The van der Waals surface area contributed by atoms with E-state index in [4.69, 9.17) is 23.2 Å². The van der Waals surface area contributed by atoms with Crippen molar-refractivity contribution < 1.29 is 4.79 Å². The zero-order valence-electron chi connectivity index (χ0n) is 9.31. The Morgan fingerprint density at radius 3 is 2.39 bits per heavy atom. The van der Waals surface area contributed by atoms with E-state index in [0.29, 0.717) is 21.3 Å². The number of ketones is 1. The van der Waals surface area contributed by atoms with Gasteiger partial charge in [0.2, 0.25) is 0 Å². The highest BCUT2D eigenvalue weighted by Gasteiger charge is 2.11. The molecule has 0 aliphatic heterocycles. The Morgan fingerprint density at radius 2 is 1.78 bits per heavy atom. The summed E-state index contributed by atoms with van der Waals surface area (Å²) in [6.45, 7) is 0. The first-order valence-electron chi connectivity index (χ1n) is 5.26. The summed E-state index contributed by atoms with van der Waals surface area (Å²) in [5.74, 6) is -0.240. The van der Waals surface area contributed by atoms with Crippen LogP contribution >= 0.6 is 23.2 Å². The monoisotopic (exact) mass is 277 g/mol. The molecule has 0 fully saturated rings. The maximum Gasteiger partial charge on any atom is 0.188 e. The van der Waals surface area contributed by atoms with Gasteiger partial charge in [-0.25, -0.2) is 0 Å². The van der Waals surface area contributed by atoms with Gasteiger partial charge in [-0.2, -0.15) is 0 Å². The lowest BCUT2D eigenvalue weighted by Gasteiger charge is -2.02. The lowest BCUT2D eigenvalue weighted by Crippen LogP contribution is -1.96. The highest BCUT2D eigenvalue weighted by Crippen LogP contribution is 2.25. The van der Waals surface area contributed by atoms with Gasteiger partial charge in [-0.1, -0.05) is 35.3 Å². The van der Waals surface area contributed by atoms with E-state index in [9.17, 15) is 4.79 Å². The zero-order chi connectivity index (χ0) is 13.0. The minimum absolute atomic E-state index is 0.240. The van der Waals surface area contributed by atoms with Crippen molar-refractivity contribution in [3.63, 3.8) is 0 Å². The third-order valence-electron chi connectivity index (χ3n) is 2.30. The Bertz CT molecular complexity index is 574. The number of pyridine rings is 1. The van der Waals surface area contributed by atoms with E-state index in [-0.39, 0.29) is 5.78 Å². The van der Waals surface area contributed by atoms with E-state index >= 15 is 0 Å². The smallest absolute Gasteiger partial charge is 0.188 e. The van der Waals surface area contributed by atoms with Crippen LogP contribution < -0.4 is 0 Å². The van der Waals surface area contributed by atoms with Crippen LogP contribution in [0.15, 0.2) is 48.7 Å².